The summed E-state index contributed by atoms with van der Waals surface area (Å²) in [6.07, 6.45) is 0. The van der Waals surface area contributed by atoms with Crippen LogP contribution >= 0.6 is 0 Å². The second kappa shape index (κ2) is 7.67. The van der Waals surface area contributed by atoms with E-state index >= 15 is 0 Å². The van der Waals surface area contributed by atoms with Crippen molar-refractivity contribution in [3.8, 4) is 11.5 Å². The van der Waals surface area contributed by atoms with E-state index in [-0.39, 0.29) is 18.2 Å². The number of nitrogens with zero attached hydrogens (tertiary/aromatic N) is 1. The molecule has 1 N–H and O–H groups in total. The average molecular weight is 318 g/mol. The van der Waals surface area contributed by atoms with Gasteiger partial charge in [-0.3, -0.25) is 4.79 Å². The summed E-state index contributed by atoms with van der Waals surface area (Å²) in [5.41, 5.74) is 0.898. The molecule has 23 heavy (non-hydrogen) atoms. The van der Waals surface area contributed by atoms with Crippen molar-refractivity contribution in [2.45, 2.75) is 27.4 Å². The Hall–Kier alpha value is -2.50. The number of carbonyl (C=O) groups excluding carboxylic acids is 1. The number of amides is 1. The van der Waals surface area contributed by atoms with Crippen LogP contribution in [-0.4, -0.2) is 24.7 Å². The Kier molecular flexibility index (Phi) is 5.62. The van der Waals surface area contributed by atoms with Crippen LogP contribution in [-0.2, 0) is 6.61 Å². The molecule has 0 unspecified atom stereocenters. The number of aromatic nitrogens is 1. The van der Waals surface area contributed by atoms with Crippen LogP contribution in [0.1, 0.15) is 35.7 Å². The lowest BCUT2D eigenvalue weighted by molar-refractivity contribution is 0.0937. The van der Waals surface area contributed by atoms with Gasteiger partial charge in [-0.15, -0.1) is 0 Å². The first-order valence-corrected chi connectivity index (χ1v) is 7.52. The summed E-state index contributed by atoms with van der Waals surface area (Å²) in [6.45, 7) is 6.57. The van der Waals surface area contributed by atoms with Crippen molar-refractivity contribution in [1.82, 2.24) is 10.5 Å². The van der Waals surface area contributed by atoms with Crippen LogP contribution in [0.4, 0.5) is 0 Å². The van der Waals surface area contributed by atoms with Crippen LogP contribution in [0.5, 0.6) is 11.5 Å². The monoisotopic (exact) mass is 318 g/mol. The van der Waals surface area contributed by atoms with Crippen LogP contribution in [0, 0.1) is 12.8 Å². The third-order valence-electron chi connectivity index (χ3n) is 3.31. The number of ether oxygens (including phenoxy) is 2. The van der Waals surface area contributed by atoms with E-state index in [0.29, 0.717) is 35.3 Å². The van der Waals surface area contributed by atoms with Gasteiger partial charge in [0.2, 0.25) is 0 Å². The van der Waals surface area contributed by atoms with Crippen molar-refractivity contribution in [3.05, 3.63) is 41.3 Å². The molecule has 1 amide bonds. The van der Waals surface area contributed by atoms with Gasteiger partial charge in [0.15, 0.2) is 17.2 Å². The Bertz CT molecular complexity index is 664. The molecule has 0 bridgehead atoms. The van der Waals surface area contributed by atoms with Crippen molar-refractivity contribution in [3.63, 3.8) is 0 Å². The van der Waals surface area contributed by atoms with Crippen molar-refractivity contribution in [1.29, 1.82) is 0 Å². The molecule has 0 spiro atoms. The number of aryl methyl sites for hydroxylation is 1. The first kappa shape index (κ1) is 16.9. The van der Waals surface area contributed by atoms with Crippen LogP contribution in [0.15, 0.2) is 28.8 Å². The summed E-state index contributed by atoms with van der Waals surface area (Å²) < 4.78 is 16.2. The molecule has 0 atom stereocenters. The van der Waals surface area contributed by atoms with Gasteiger partial charge in [-0.25, -0.2) is 0 Å². The van der Waals surface area contributed by atoms with Gasteiger partial charge in [0, 0.05) is 6.54 Å². The van der Waals surface area contributed by atoms with Crippen LogP contribution in [0.3, 0.4) is 0 Å². The smallest absolute Gasteiger partial charge is 0.273 e. The SMILES string of the molecule is COc1ccccc1OCc1c(C(=O)NCC(C)C)noc1C. The highest BCUT2D eigenvalue weighted by Crippen LogP contribution is 2.27. The van der Waals surface area contributed by atoms with Gasteiger partial charge in [-0.1, -0.05) is 31.1 Å². The van der Waals surface area contributed by atoms with E-state index in [1.54, 1.807) is 20.1 Å². The fourth-order valence-electron chi connectivity index (χ4n) is 2.01. The molecule has 0 aliphatic heterocycles. The van der Waals surface area contributed by atoms with Gasteiger partial charge >= 0.3 is 0 Å². The predicted molar refractivity (Wildman–Crippen MR) is 85.7 cm³/mol. The summed E-state index contributed by atoms with van der Waals surface area (Å²) in [7, 11) is 1.58. The number of carbonyl (C=O) groups is 1. The molecule has 1 heterocycles. The summed E-state index contributed by atoms with van der Waals surface area (Å²) in [6, 6.07) is 7.34. The van der Waals surface area contributed by atoms with E-state index in [1.165, 1.54) is 0 Å². The van der Waals surface area contributed by atoms with E-state index in [9.17, 15) is 4.79 Å². The molecule has 6 nitrogen and oxygen atoms in total. The van der Waals surface area contributed by atoms with Crippen LogP contribution < -0.4 is 14.8 Å². The second-order valence-electron chi connectivity index (χ2n) is 5.61. The lowest BCUT2D eigenvalue weighted by atomic mass is 10.2. The van der Waals surface area contributed by atoms with E-state index in [4.69, 9.17) is 14.0 Å². The van der Waals surface area contributed by atoms with Gasteiger partial charge in [0.25, 0.3) is 5.91 Å². The first-order valence-electron chi connectivity index (χ1n) is 7.52. The Labute approximate surface area is 135 Å². The topological polar surface area (TPSA) is 73.6 Å². The van der Waals surface area contributed by atoms with E-state index < -0.39 is 0 Å². The maximum absolute atomic E-state index is 12.2. The predicted octanol–water partition coefficient (Wildman–Crippen LogP) is 2.96. The third kappa shape index (κ3) is 4.25. The van der Waals surface area contributed by atoms with Crippen molar-refractivity contribution < 1.29 is 18.8 Å². The number of rotatable bonds is 7. The lowest BCUT2D eigenvalue weighted by Crippen LogP contribution is -2.28. The van der Waals surface area contributed by atoms with Crippen molar-refractivity contribution >= 4 is 5.91 Å². The van der Waals surface area contributed by atoms with E-state index in [2.05, 4.69) is 10.5 Å². The van der Waals surface area contributed by atoms with Crippen molar-refractivity contribution in [2.75, 3.05) is 13.7 Å². The Morgan fingerprint density at radius 2 is 2.00 bits per heavy atom. The van der Waals surface area contributed by atoms with Gasteiger partial charge in [0.1, 0.15) is 12.4 Å². The van der Waals surface area contributed by atoms with Gasteiger partial charge in [0.05, 0.1) is 12.7 Å². The molecule has 1 aromatic heterocycles. The van der Waals surface area contributed by atoms with Crippen LogP contribution in [0.25, 0.3) is 0 Å². The summed E-state index contributed by atoms with van der Waals surface area (Å²) in [4.78, 5) is 12.2. The molecule has 2 aromatic rings. The molecule has 1 aromatic carbocycles. The fraction of sp³-hybridized carbons (Fsp3) is 0.412. The van der Waals surface area contributed by atoms with Crippen LogP contribution in [0.2, 0.25) is 0 Å². The molecule has 0 saturated heterocycles. The molecule has 0 fully saturated rings. The Balaban J connectivity index is 2.11. The van der Waals surface area contributed by atoms with Gasteiger partial charge < -0.3 is 19.3 Å². The molecule has 0 saturated carbocycles. The molecule has 6 heteroatoms. The van der Waals surface area contributed by atoms with E-state index in [0.717, 1.165) is 0 Å². The number of para-hydroxylation sites is 2. The Morgan fingerprint density at radius 3 is 2.65 bits per heavy atom. The minimum atomic E-state index is -0.255. The third-order valence-corrected chi connectivity index (χ3v) is 3.31. The second-order valence-corrected chi connectivity index (χ2v) is 5.61. The summed E-state index contributed by atoms with van der Waals surface area (Å²) in [5, 5.41) is 6.68. The zero-order chi connectivity index (χ0) is 16.8. The quantitative estimate of drug-likeness (QED) is 0.849. The molecule has 124 valence electrons. The van der Waals surface area contributed by atoms with Gasteiger partial charge in [-0.05, 0) is 25.0 Å². The van der Waals surface area contributed by atoms with Crippen molar-refractivity contribution in [2.24, 2.45) is 5.92 Å². The number of methoxy groups -OCH3 is 1. The largest absolute Gasteiger partial charge is 0.493 e. The molecule has 0 radical (unpaired) electrons. The maximum Gasteiger partial charge on any atom is 0.273 e. The zero-order valence-electron chi connectivity index (χ0n) is 13.9. The number of hydrogen-bond acceptors (Lipinski definition) is 5. The number of hydrogen-bond donors (Lipinski definition) is 1. The Morgan fingerprint density at radius 1 is 1.30 bits per heavy atom. The average Bonchev–Trinajstić information content (AvgIpc) is 2.91. The molecule has 2 rings (SSSR count). The normalized spacial score (nSPS) is 10.7. The highest BCUT2D eigenvalue weighted by atomic mass is 16.5. The number of nitrogens with one attached hydrogen (secondary N) is 1. The lowest BCUT2D eigenvalue weighted by Gasteiger charge is -2.11. The minimum Gasteiger partial charge on any atom is -0.493 e. The zero-order valence-corrected chi connectivity index (χ0v) is 13.9. The molecule has 0 aliphatic carbocycles. The first-order chi connectivity index (χ1) is 11.0. The highest BCUT2D eigenvalue weighted by Gasteiger charge is 2.20. The fourth-order valence-corrected chi connectivity index (χ4v) is 2.01. The molecule has 0 aliphatic rings. The minimum absolute atomic E-state index is 0.181. The maximum atomic E-state index is 12.2. The number of benzene rings is 1. The van der Waals surface area contributed by atoms with E-state index in [1.807, 2.05) is 32.0 Å². The standard InChI is InChI=1S/C17H22N2O4/c1-11(2)9-18-17(20)16-13(12(3)23-19-16)10-22-15-8-6-5-7-14(15)21-4/h5-8,11H,9-10H2,1-4H3,(H,18,20). The highest BCUT2D eigenvalue weighted by molar-refractivity contribution is 5.93. The summed E-state index contributed by atoms with van der Waals surface area (Å²) in [5.74, 6) is 1.90. The summed E-state index contributed by atoms with van der Waals surface area (Å²) >= 11 is 0. The van der Waals surface area contributed by atoms with Gasteiger partial charge in [-0.2, -0.15) is 0 Å². The molecular weight excluding hydrogens is 296 g/mol. The molecular formula is C17H22N2O4.